The lowest BCUT2D eigenvalue weighted by Crippen LogP contribution is -2.43. The Labute approximate surface area is 226 Å². The molecule has 0 amide bonds. The third-order valence-corrected chi connectivity index (χ3v) is 6.24. The van der Waals surface area contributed by atoms with E-state index in [1.54, 1.807) is 4.68 Å². The van der Waals surface area contributed by atoms with E-state index in [1.807, 2.05) is 73.3 Å². The van der Waals surface area contributed by atoms with E-state index < -0.39 is 18.0 Å². The van der Waals surface area contributed by atoms with Crippen molar-refractivity contribution in [2.45, 2.75) is 19.6 Å². The average Bonchev–Trinajstić information content (AvgIpc) is 3.13. The van der Waals surface area contributed by atoms with Crippen molar-refractivity contribution in [3.8, 4) is 5.69 Å². The van der Waals surface area contributed by atoms with E-state index in [1.165, 1.54) is 0 Å². The quantitative estimate of drug-likeness (QED) is 0.249. The maximum Gasteiger partial charge on any atom is 0.414 e. The molecule has 1 fully saturated rings. The van der Waals surface area contributed by atoms with E-state index in [0.29, 0.717) is 25.3 Å². The number of carboxylic acid groups (broad SMARTS) is 2. The molecule has 1 unspecified atom stereocenters. The van der Waals surface area contributed by atoms with Gasteiger partial charge in [0.25, 0.3) is 5.56 Å². The predicted octanol–water partition coefficient (Wildman–Crippen LogP) is 1.17. The molecule has 210 valence electrons. The Kier molecular flexibility index (Phi) is 10.8. The molecule has 2 heterocycles. The summed E-state index contributed by atoms with van der Waals surface area (Å²) in [6.07, 6.45) is -0.406. The first-order valence-corrected chi connectivity index (χ1v) is 12.5. The fraction of sp³-hybridized carbons (Fsp3) is 0.370. The molecule has 12 heteroatoms. The minimum absolute atomic E-state index is 0.0822. The first-order valence-electron chi connectivity index (χ1n) is 12.5. The summed E-state index contributed by atoms with van der Waals surface area (Å²) in [5.41, 5.74) is 4.16. The van der Waals surface area contributed by atoms with Gasteiger partial charge in [-0.25, -0.2) is 14.3 Å². The Bertz CT molecular complexity index is 1270. The number of ether oxygens (including phenoxy) is 1. The Morgan fingerprint density at radius 1 is 1.00 bits per heavy atom. The lowest BCUT2D eigenvalue weighted by atomic mass is 10.2. The standard InChI is InChI=1S/C25H33N5O3.C2H2O4/c1-19-24(25(32)30(28(19)2)22-6-4-3-5-7-22)27-21-10-8-20(9-11-21)16-26-17-23(31)18-29-12-14-33-15-13-29;3-1(4)2(5)6/h3-11,23,26-27,31H,12-18H2,1-2H3;(H,3,4)(H,5,6). The number of morpholine rings is 1. The number of carboxylic acids is 2. The summed E-state index contributed by atoms with van der Waals surface area (Å²) in [4.78, 5) is 33.5. The summed E-state index contributed by atoms with van der Waals surface area (Å²) < 4.78 is 8.87. The highest BCUT2D eigenvalue weighted by Gasteiger charge is 2.17. The van der Waals surface area contributed by atoms with Gasteiger partial charge >= 0.3 is 11.9 Å². The van der Waals surface area contributed by atoms with Crippen molar-refractivity contribution in [3.05, 3.63) is 76.2 Å². The van der Waals surface area contributed by atoms with Crippen molar-refractivity contribution in [3.63, 3.8) is 0 Å². The first kappa shape index (κ1) is 29.6. The molecule has 0 radical (unpaired) electrons. The molecule has 1 saturated heterocycles. The van der Waals surface area contributed by atoms with Gasteiger partial charge in [-0.3, -0.25) is 14.4 Å². The molecular formula is C27H35N5O7. The first-order chi connectivity index (χ1) is 18.7. The van der Waals surface area contributed by atoms with Crippen LogP contribution >= 0.6 is 0 Å². The maximum atomic E-state index is 13.1. The van der Waals surface area contributed by atoms with Gasteiger partial charge < -0.3 is 30.7 Å². The molecule has 0 spiro atoms. The SMILES string of the molecule is Cc1c(Nc2ccc(CNCC(O)CN3CCOCC3)cc2)c(=O)n(-c2ccccc2)n1C.O=C(O)C(=O)O. The van der Waals surface area contributed by atoms with Crippen molar-refractivity contribution in [2.75, 3.05) is 44.7 Å². The number of hydrogen-bond donors (Lipinski definition) is 5. The Morgan fingerprint density at radius 2 is 1.62 bits per heavy atom. The number of aliphatic hydroxyl groups is 1. The zero-order chi connectivity index (χ0) is 28.4. The molecule has 2 aromatic carbocycles. The maximum absolute atomic E-state index is 13.1. The molecule has 12 nitrogen and oxygen atoms in total. The van der Waals surface area contributed by atoms with Crippen molar-refractivity contribution >= 4 is 23.3 Å². The van der Waals surface area contributed by atoms with Crippen LogP contribution in [-0.2, 0) is 27.9 Å². The topological polar surface area (TPSA) is 158 Å². The summed E-state index contributed by atoms with van der Waals surface area (Å²) in [5.74, 6) is -3.65. The molecular weight excluding hydrogens is 506 g/mol. The number of para-hydroxylation sites is 1. The van der Waals surface area contributed by atoms with Gasteiger partial charge in [-0.2, -0.15) is 0 Å². The van der Waals surface area contributed by atoms with E-state index in [2.05, 4.69) is 15.5 Å². The van der Waals surface area contributed by atoms with E-state index in [-0.39, 0.29) is 5.56 Å². The fourth-order valence-electron chi connectivity index (χ4n) is 4.09. The smallest absolute Gasteiger partial charge is 0.414 e. The number of aliphatic carboxylic acids is 2. The third-order valence-electron chi connectivity index (χ3n) is 6.24. The highest BCUT2D eigenvalue weighted by atomic mass is 16.5. The lowest BCUT2D eigenvalue weighted by Gasteiger charge is -2.28. The Morgan fingerprint density at radius 3 is 2.21 bits per heavy atom. The number of aromatic nitrogens is 2. The number of rotatable bonds is 9. The molecule has 39 heavy (non-hydrogen) atoms. The molecule has 0 aliphatic carbocycles. The molecule has 1 aliphatic heterocycles. The van der Waals surface area contributed by atoms with Crippen molar-refractivity contribution in [2.24, 2.45) is 7.05 Å². The van der Waals surface area contributed by atoms with Gasteiger partial charge in [0.05, 0.1) is 30.7 Å². The number of hydrogen-bond acceptors (Lipinski definition) is 8. The molecule has 1 aliphatic rings. The Hall–Kier alpha value is -3.97. The number of β-amino-alcohol motifs (C(OH)–C–C–N with tert-alkyl or cyclic N) is 1. The Balaban J connectivity index is 0.000000631. The monoisotopic (exact) mass is 541 g/mol. The minimum atomic E-state index is -1.82. The molecule has 4 rings (SSSR count). The summed E-state index contributed by atoms with van der Waals surface area (Å²) in [5, 5.41) is 31.7. The van der Waals surface area contributed by atoms with Crippen LogP contribution in [0.5, 0.6) is 0 Å². The molecule has 0 saturated carbocycles. The number of aliphatic hydroxyl groups excluding tert-OH is 1. The second kappa shape index (κ2) is 14.3. The van der Waals surface area contributed by atoms with Crippen molar-refractivity contribution in [1.82, 2.24) is 19.6 Å². The second-order valence-corrected chi connectivity index (χ2v) is 9.07. The number of anilines is 2. The highest BCUT2D eigenvalue weighted by molar-refractivity contribution is 6.27. The number of nitrogens with zero attached hydrogens (tertiary/aromatic N) is 3. The second-order valence-electron chi connectivity index (χ2n) is 9.07. The molecule has 1 atom stereocenters. The third kappa shape index (κ3) is 8.52. The van der Waals surface area contributed by atoms with Crippen LogP contribution in [0.4, 0.5) is 11.4 Å². The van der Waals surface area contributed by atoms with Crippen LogP contribution < -0.4 is 16.2 Å². The van der Waals surface area contributed by atoms with Crippen molar-refractivity contribution < 1.29 is 29.6 Å². The van der Waals surface area contributed by atoms with Gasteiger partial charge in [0.15, 0.2) is 0 Å². The minimum Gasteiger partial charge on any atom is -0.473 e. The molecule has 1 aromatic heterocycles. The lowest BCUT2D eigenvalue weighted by molar-refractivity contribution is -0.159. The highest BCUT2D eigenvalue weighted by Crippen LogP contribution is 2.19. The van der Waals surface area contributed by atoms with E-state index in [4.69, 9.17) is 24.5 Å². The average molecular weight is 542 g/mol. The predicted molar refractivity (Wildman–Crippen MR) is 146 cm³/mol. The molecule has 0 bridgehead atoms. The zero-order valence-electron chi connectivity index (χ0n) is 22.0. The van der Waals surface area contributed by atoms with Crippen LogP contribution in [0, 0.1) is 6.92 Å². The summed E-state index contributed by atoms with van der Waals surface area (Å²) >= 11 is 0. The number of benzene rings is 2. The van der Waals surface area contributed by atoms with E-state index in [9.17, 15) is 9.90 Å². The normalized spacial score (nSPS) is 14.2. The molecule has 5 N–H and O–H groups in total. The van der Waals surface area contributed by atoms with Crippen molar-refractivity contribution in [1.29, 1.82) is 0 Å². The molecule has 3 aromatic rings. The van der Waals surface area contributed by atoms with Gasteiger partial charge in [-0.05, 0) is 36.8 Å². The summed E-state index contributed by atoms with van der Waals surface area (Å²) in [6.45, 7) is 7.04. The number of nitrogens with one attached hydrogen (secondary N) is 2. The van der Waals surface area contributed by atoms with Crippen LogP contribution in [-0.4, -0.2) is 87.0 Å². The summed E-state index contributed by atoms with van der Waals surface area (Å²) in [7, 11) is 1.89. The van der Waals surface area contributed by atoms with Gasteiger partial charge in [0.1, 0.15) is 5.69 Å². The van der Waals surface area contributed by atoms with Crippen LogP contribution in [0.3, 0.4) is 0 Å². The van der Waals surface area contributed by atoms with Crippen LogP contribution in [0.1, 0.15) is 11.3 Å². The van der Waals surface area contributed by atoms with E-state index in [0.717, 1.165) is 48.9 Å². The van der Waals surface area contributed by atoms with Gasteiger partial charge in [0, 0.05) is 45.5 Å². The van der Waals surface area contributed by atoms with Crippen LogP contribution in [0.15, 0.2) is 59.4 Å². The van der Waals surface area contributed by atoms with Crippen LogP contribution in [0.2, 0.25) is 0 Å². The van der Waals surface area contributed by atoms with Gasteiger partial charge in [0.2, 0.25) is 0 Å². The summed E-state index contributed by atoms with van der Waals surface area (Å²) in [6, 6.07) is 17.6. The van der Waals surface area contributed by atoms with E-state index >= 15 is 0 Å². The zero-order valence-corrected chi connectivity index (χ0v) is 22.0. The fourth-order valence-corrected chi connectivity index (χ4v) is 4.09. The van der Waals surface area contributed by atoms with Gasteiger partial charge in [-0.1, -0.05) is 30.3 Å². The van der Waals surface area contributed by atoms with Crippen LogP contribution in [0.25, 0.3) is 5.69 Å². The number of carbonyl (C=O) groups is 2. The van der Waals surface area contributed by atoms with Gasteiger partial charge in [-0.15, -0.1) is 0 Å². The largest absolute Gasteiger partial charge is 0.473 e.